The minimum Gasteiger partial charge on any atom is -0.337 e. The third-order valence-corrected chi connectivity index (χ3v) is 8.19. The molecule has 0 radical (unpaired) electrons. The summed E-state index contributed by atoms with van der Waals surface area (Å²) in [6.45, 7) is 4.23. The number of fused-ring (bicyclic) bond motifs is 1. The fourth-order valence-electron chi connectivity index (χ4n) is 4.37. The molecule has 0 fully saturated rings. The molecule has 7 heteroatoms. The second-order valence-corrected chi connectivity index (χ2v) is 10.9. The van der Waals surface area contributed by atoms with E-state index < -0.39 is 0 Å². The maximum Gasteiger partial charge on any atom is 0.236 e. The van der Waals surface area contributed by atoms with Crippen LogP contribution in [-0.4, -0.2) is 37.4 Å². The Labute approximate surface area is 208 Å². The summed E-state index contributed by atoms with van der Waals surface area (Å²) < 4.78 is 2.20. The number of hydrogen-bond donors (Lipinski definition) is 0. The Kier molecular flexibility index (Phi) is 7.11. The normalized spacial score (nSPS) is 14.1. The van der Waals surface area contributed by atoms with E-state index in [2.05, 4.69) is 80.8 Å². The highest BCUT2D eigenvalue weighted by atomic mass is 32.2. The molecule has 0 aliphatic carbocycles. The third-order valence-electron chi connectivity index (χ3n) is 6.25. The Bertz CT molecular complexity index is 1240. The molecule has 0 N–H and O–H groups in total. The van der Waals surface area contributed by atoms with E-state index in [-0.39, 0.29) is 11.2 Å². The monoisotopic (exact) mass is 488 g/mol. The van der Waals surface area contributed by atoms with Crippen molar-refractivity contribution in [2.75, 3.05) is 6.54 Å². The lowest BCUT2D eigenvalue weighted by atomic mass is 10.00. The van der Waals surface area contributed by atoms with Crippen LogP contribution in [0, 0.1) is 0 Å². The van der Waals surface area contributed by atoms with Crippen molar-refractivity contribution >= 4 is 29.0 Å². The fourth-order valence-corrected chi connectivity index (χ4v) is 6.05. The van der Waals surface area contributed by atoms with E-state index in [0.717, 1.165) is 43.3 Å². The molecule has 1 atom stereocenters. The molecule has 0 bridgehead atoms. The average molecular weight is 489 g/mol. The summed E-state index contributed by atoms with van der Waals surface area (Å²) in [5.74, 6) is 1.12. The Morgan fingerprint density at radius 1 is 1.03 bits per heavy atom. The summed E-state index contributed by atoms with van der Waals surface area (Å²) >= 11 is 3.26. The van der Waals surface area contributed by atoms with Crippen LogP contribution < -0.4 is 0 Å². The topological polar surface area (TPSA) is 51.0 Å². The van der Waals surface area contributed by atoms with Crippen LogP contribution in [0.5, 0.6) is 0 Å². The van der Waals surface area contributed by atoms with Crippen LogP contribution in [0.2, 0.25) is 0 Å². The van der Waals surface area contributed by atoms with Crippen LogP contribution in [0.15, 0.2) is 77.3 Å². The first-order chi connectivity index (χ1) is 16.7. The van der Waals surface area contributed by atoms with Crippen LogP contribution in [-0.2, 0) is 37.1 Å². The first-order valence-electron chi connectivity index (χ1n) is 11.7. The molecule has 2 aromatic heterocycles. The number of aryl methyl sites for hydroxylation is 1. The number of benzene rings is 2. The summed E-state index contributed by atoms with van der Waals surface area (Å²) in [5.41, 5.74) is 3.89. The molecule has 34 heavy (non-hydrogen) atoms. The van der Waals surface area contributed by atoms with E-state index in [0.29, 0.717) is 6.54 Å². The second-order valence-electron chi connectivity index (χ2n) is 8.58. The predicted octanol–water partition coefficient (Wildman–Crippen LogP) is 5.24. The molecule has 1 aliphatic rings. The van der Waals surface area contributed by atoms with Gasteiger partial charge in [-0.05, 0) is 47.9 Å². The number of rotatable bonds is 8. The van der Waals surface area contributed by atoms with E-state index in [1.54, 1.807) is 11.3 Å². The van der Waals surface area contributed by atoms with Crippen molar-refractivity contribution in [2.45, 2.75) is 49.7 Å². The van der Waals surface area contributed by atoms with Crippen LogP contribution in [0.4, 0.5) is 0 Å². The minimum atomic E-state index is -0.223. The first kappa shape index (κ1) is 22.9. The molecule has 1 amide bonds. The van der Waals surface area contributed by atoms with Gasteiger partial charge in [-0.2, -0.15) is 0 Å². The van der Waals surface area contributed by atoms with Gasteiger partial charge in [-0.15, -0.1) is 21.5 Å². The van der Waals surface area contributed by atoms with E-state index >= 15 is 0 Å². The average Bonchev–Trinajstić information content (AvgIpc) is 3.53. The zero-order valence-electron chi connectivity index (χ0n) is 19.3. The van der Waals surface area contributed by atoms with Gasteiger partial charge in [0, 0.05) is 30.9 Å². The Balaban J connectivity index is 1.31. The van der Waals surface area contributed by atoms with Gasteiger partial charge in [0.15, 0.2) is 5.16 Å². The molecule has 2 aromatic carbocycles. The smallest absolute Gasteiger partial charge is 0.236 e. The zero-order valence-corrected chi connectivity index (χ0v) is 20.9. The van der Waals surface area contributed by atoms with Gasteiger partial charge < -0.3 is 9.47 Å². The number of thioether (sulfide) groups is 1. The fraction of sp³-hybridized carbons (Fsp3) is 0.296. The van der Waals surface area contributed by atoms with Crippen LogP contribution in [0.1, 0.15) is 34.3 Å². The molecule has 0 saturated heterocycles. The summed E-state index contributed by atoms with van der Waals surface area (Å²) in [6.07, 6.45) is 2.57. The number of carbonyl (C=O) groups is 1. The molecule has 0 spiro atoms. The molecule has 0 saturated carbocycles. The summed E-state index contributed by atoms with van der Waals surface area (Å²) in [7, 11) is 0. The van der Waals surface area contributed by atoms with E-state index in [1.807, 2.05) is 17.9 Å². The molecule has 5 nitrogen and oxygen atoms in total. The van der Waals surface area contributed by atoms with E-state index in [1.165, 1.54) is 33.3 Å². The Morgan fingerprint density at radius 2 is 1.82 bits per heavy atom. The standard InChI is InChI=1S/C27H28N4OS2/c1-20(26(32)30-15-14-22-10-5-6-11-23(22)19-30)34-27-29-28-25(18-24-12-7-17-33-24)31(27)16-13-21-8-3-2-4-9-21/h2-12,17,20H,13-16,18-19H2,1H3. The van der Waals surface area contributed by atoms with Crippen molar-refractivity contribution in [3.05, 3.63) is 99.5 Å². The lowest BCUT2D eigenvalue weighted by molar-refractivity contribution is -0.131. The van der Waals surface area contributed by atoms with E-state index in [4.69, 9.17) is 0 Å². The summed E-state index contributed by atoms with van der Waals surface area (Å²) in [4.78, 5) is 16.6. The number of amides is 1. The molecule has 1 aliphatic heterocycles. The molecule has 174 valence electrons. The highest BCUT2D eigenvalue weighted by Gasteiger charge is 2.27. The first-order valence-corrected chi connectivity index (χ1v) is 13.4. The van der Waals surface area contributed by atoms with Gasteiger partial charge in [-0.3, -0.25) is 4.79 Å². The number of thiophene rings is 1. The van der Waals surface area contributed by atoms with Crippen molar-refractivity contribution in [1.82, 2.24) is 19.7 Å². The molecule has 3 heterocycles. The van der Waals surface area contributed by atoms with Crippen LogP contribution >= 0.6 is 23.1 Å². The third kappa shape index (κ3) is 5.26. The van der Waals surface area contributed by atoms with E-state index in [9.17, 15) is 4.79 Å². The molecule has 5 rings (SSSR count). The van der Waals surface area contributed by atoms with Crippen molar-refractivity contribution in [2.24, 2.45) is 0 Å². The van der Waals surface area contributed by atoms with Gasteiger partial charge >= 0.3 is 0 Å². The zero-order chi connectivity index (χ0) is 23.3. The molecule has 4 aromatic rings. The van der Waals surface area contributed by atoms with Gasteiger partial charge in [0.1, 0.15) is 5.82 Å². The van der Waals surface area contributed by atoms with Gasteiger partial charge in [-0.1, -0.05) is 72.4 Å². The predicted molar refractivity (Wildman–Crippen MR) is 138 cm³/mol. The molecule has 1 unspecified atom stereocenters. The van der Waals surface area contributed by atoms with Gasteiger partial charge in [0.2, 0.25) is 5.91 Å². The SMILES string of the molecule is CC(Sc1nnc(Cc2cccs2)n1CCc1ccccc1)C(=O)N1CCc2ccccc2C1. The summed E-state index contributed by atoms with van der Waals surface area (Å²) in [5, 5.41) is 11.7. The summed E-state index contributed by atoms with van der Waals surface area (Å²) in [6, 6.07) is 23.1. The van der Waals surface area contributed by atoms with Crippen molar-refractivity contribution in [3.8, 4) is 0 Å². The van der Waals surface area contributed by atoms with Crippen LogP contribution in [0.25, 0.3) is 0 Å². The number of carbonyl (C=O) groups excluding carboxylic acids is 1. The molecular weight excluding hydrogens is 460 g/mol. The van der Waals surface area contributed by atoms with Crippen LogP contribution in [0.3, 0.4) is 0 Å². The molecular formula is C27H28N4OS2. The number of aromatic nitrogens is 3. The lowest BCUT2D eigenvalue weighted by Crippen LogP contribution is -2.40. The largest absolute Gasteiger partial charge is 0.337 e. The quantitative estimate of drug-likeness (QED) is 0.318. The maximum atomic E-state index is 13.3. The second kappa shape index (κ2) is 10.6. The van der Waals surface area contributed by atoms with Crippen molar-refractivity contribution in [3.63, 3.8) is 0 Å². The Hall–Kier alpha value is -2.90. The minimum absolute atomic E-state index is 0.164. The lowest BCUT2D eigenvalue weighted by Gasteiger charge is -2.30. The maximum absolute atomic E-state index is 13.3. The van der Waals surface area contributed by atoms with Crippen molar-refractivity contribution < 1.29 is 4.79 Å². The highest BCUT2D eigenvalue weighted by Crippen LogP contribution is 2.27. The van der Waals surface area contributed by atoms with Gasteiger partial charge in [-0.25, -0.2) is 0 Å². The van der Waals surface area contributed by atoms with Gasteiger partial charge in [0.05, 0.1) is 5.25 Å². The van der Waals surface area contributed by atoms with Gasteiger partial charge in [0.25, 0.3) is 0 Å². The highest BCUT2D eigenvalue weighted by molar-refractivity contribution is 8.00. The van der Waals surface area contributed by atoms with Crippen molar-refractivity contribution in [1.29, 1.82) is 0 Å². The Morgan fingerprint density at radius 3 is 2.62 bits per heavy atom. The number of hydrogen-bond acceptors (Lipinski definition) is 5. The number of nitrogens with zero attached hydrogens (tertiary/aromatic N) is 4.